The van der Waals surface area contributed by atoms with E-state index in [1.54, 1.807) is 22.4 Å². The lowest BCUT2D eigenvalue weighted by atomic mass is 10.2. The molecule has 0 radical (unpaired) electrons. The first-order chi connectivity index (χ1) is 14.0. The van der Waals surface area contributed by atoms with Crippen molar-refractivity contribution < 1.29 is 17.9 Å². The van der Waals surface area contributed by atoms with Crippen molar-refractivity contribution in [1.29, 1.82) is 0 Å². The van der Waals surface area contributed by atoms with Crippen LogP contribution in [0, 0.1) is 0 Å². The van der Waals surface area contributed by atoms with Gasteiger partial charge >= 0.3 is 0 Å². The molecule has 2 aromatic carbocycles. The average Bonchev–Trinajstić information content (AvgIpc) is 3.10. The van der Waals surface area contributed by atoms with Gasteiger partial charge in [-0.05, 0) is 17.7 Å². The molecule has 0 fully saturated rings. The summed E-state index contributed by atoms with van der Waals surface area (Å²) in [6.45, 7) is 0.882. The zero-order valence-corrected chi connectivity index (χ0v) is 17.4. The molecule has 8 nitrogen and oxygen atoms in total. The van der Waals surface area contributed by atoms with Gasteiger partial charge in [0, 0.05) is 18.9 Å². The van der Waals surface area contributed by atoms with Crippen LogP contribution in [-0.4, -0.2) is 36.4 Å². The molecule has 0 spiro atoms. The standard InChI is InChI=1S/C19H20N4O4S2/c1-23-18(21-22-19(23)28-13-14-5-3-2-4-6-14)12-20-29(24,25)15-7-8-16-17(11-15)27-10-9-26-16/h2-8,11,20H,9-10,12-13H2,1H3. The third-order valence-corrected chi connectivity index (χ3v) is 6.87. The molecule has 0 saturated carbocycles. The topological polar surface area (TPSA) is 95.3 Å². The molecule has 152 valence electrons. The third kappa shape index (κ3) is 4.55. The Bertz CT molecular complexity index is 1100. The van der Waals surface area contributed by atoms with E-state index in [9.17, 15) is 8.42 Å². The predicted octanol–water partition coefficient (Wildman–Crippen LogP) is 2.36. The molecule has 10 heteroatoms. The predicted molar refractivity (Wildman–Crippen MR) is 108 cm³/mol. The van der Waals surface area contributed by atoms with Crippen LogP contribution in [0.1, 0.15) is 11.4 Å². The van der Waals surface area contributed by atoms with Crippen molar-refractivity contribution in [3.05, 3.63) is 59.9 Å². The highest BCUT2D eigenvalue weighted by molar-refractivity contribution is 7.98. The van der Waals surface area contributed by atoms with E-state index in [2.05, 4.69) is 14.9 Å². The number of hydrogen-bond donors (Lipinski definition) is 1. The second kappa shape index (κ2) is 8.44. The molecule has 1 aliphatic heterocycles. The summed E-state index contributed by atoms with van der Waals surface area (Å²) >= 11 is 1.55. The minimum Gasteiger partial charge on any atom is -0.486 e. The van der Waals surface area contributed by atoms with E-state index in [1.165, 1.54) is 17.7 Å². The molecule has 3 aromatic rings. The monoisotopic (exact) mass is 432 g/mol. The van der Waals surface area contributed by atoms with E-state index in [0.29, 0.717) is 30.5 Å². The molecule has 0 saturated heterocycles. The van der Waals surface area contributed by atoms with Gasteiger partial charge in [-0.2, -0.15) is 0 Å². The fourth-order valence-corrected chi connectivity index (χ4v) is 4.66. The molecule has 0 bridgehead atoms. The lowest BCUT2D eigenvalue weighted by Crippen LogP contribution is -2.25. The maximum absolute atomic E-state index is 12.6. The van der Waals surface area contributed by atoms with Gasteiger partial charge in [-0.15, -0.1) is 10.2 Å². The SMILES string of the molecule is Cn1c(CNS(=O)(=O)c2ccc3c(c2)OCCO3)nnc1SCc1ccccc1. The summed E-state index contributed by atoms with van der Waals surface area (Å²) in [4.78, 5) is 0.114. The van der Waals surface area contributed by atoms with E-state index in [-0.39, 0.29) is 11.4 Å². The number of nitrogens with one attached hydrogen (secondary N) is 1. The zero-order chi connectivity index (χ0) is 20.3. The van der Waals surface area contributed by atoms with Crippen molar-refractivity contribution in [1.82, 2.24) is 19.5 Å². The van der Waals surface area contributed by atoms with Crippen LogP contribution in [0.4, 0.5) is 0 Å². The summed E-state index contributed by atoms with van der Waals surface area (Å²) in [6.07, 6.45) is 0. The Morgan fingerprint density at radius 1 is 1.07 bits per heavy atom. The molecular weight excluding hydrogens is 412 g/mol. The lowest BCUT2D eigenvalue weighted by Gasteiger charge is -2.18. The summed E-state index contributed by atoms with van der Waals surface area (Å²) in [5.74, 6) is 2.26. The molecule has 0 aliphatic carbocycles. The smallest absolute Gasteiger partial charge is 0.241 e. The molecule has 29 heavy (non-hydrogen) atoms. The maximum atomic E-state index is 12.6. The van der Waals surface area contributed by atoms with Crippen molar-refractivity contribution in [3.63, 3.8) is 0 Å². The lowest BCUT2D eigenvalue weighted by molar-refractivity contribution is 0.171. The molecule has 1 aliphatic rings. The second-order valence-electron chi connectivity index (χ2n) is 6.36. The number of hydrogen-bond acceptors (Lipinski definition) is 7. The van der Waals surface area contributed by atoms with Gasteiger partial charge in [-0.3, -0.25) is 0 Å². The van der Waals surface area contributed by atoms with Gasteiger partial charge in [0.25, 0.3) is 0 Å². The van der Waals surface area contributed by atoms with Crippen molar-refractivity contribution in [2.24, 2.45) is 7.05 Å². The third-order valence-electron chi connectivity index (χ3n) is 4.38. The minimum atomic E-state index is -3.73. The number of ether oxygens (including phenoxy) is 2. The molecule has 4 rings (SSSR count). The molecule has 1 aromatic heterocycles. The number of nitrogens with zero attached hydrogens (tertiary/aromatic N) is 3. The maximum Gasteiger partial charge on any atom is 0.241 e. The summed E-state index contributed by atoms with van der Waals surface area (Å²) < 4.78 is 40.6. The summed E-state index contributed by atoms with van der Waals surface area (Å²) in [5.41, 5.74) is 1.18. The van der Waals surface area contributed by atoms with Gasteiger partial charge in [0.1, 0.15) is 19.0 Å². The highest BCUT2D eigenvalue weighted by atomic mass is 32.2. The number of fused-ring (bicyclic) bond motifs is 1. The van der Waals surface area contributed by atoms with Crippen molar-refractivity contribution in [2.75, 3.05) is 13.2 Å². The molecule has 0 atom stereocenters. The highest BCUT2D eigenvalue weighted by Crippen LogP contribution is 2.32. The van der Waals surface area contributed by atoms with Gasteiger partial charge in [-0.25, -0.2) is 13.1 Å². The first-order valence-electron chi connectivity index (χ1n) is 8.97. The quantitative estimate of drug-likeness (QED) is 0.573. The number of aromatic nitrogens is 3. The van der Waals surface area contributed by atoms with E-state index in [1.807, 2.05) is 37.4 Å². The van der Waals surface area contributed by atoms with Crippen LogP contribution in [-0.2, 0) is 29.4 Å². The van der Waals surface area contributed by atoms with Crippen LogP contribution in [0.2, 0.25) is 0 Å². The summed E-state index contributed by atoms with van der Waals surface area (Å²) in [5, 5.41) is 9.01. The fraction of sp³-hybridized carbons (Fsp3) is 0.263. The molecule has 1 N–H and O–H groups in total. The Labute approximate surface area is 173 Å². The van der Waals surface area contributed by atoms with Gasteiger partial charge in [0.05, 0.1) is 11.4 Å². The van der Waals surface area contributed by atoms with E-state index >= 15 is 0 Å². The largest absolute Gasteiger partial charge is 0.486 e. The number of rotatable bonds is 7. The Morgan fingerprint density at radius 3 is 2.62 bits per heavy atom. The second-order valence-corrected chi connectivity index (χ2v) is 9.07. The Kier molecular flexibility index (Phi) is 5.74. The van der Waals surface area contributed by atoms with Gasteiger partial charge in [-0.1, -0.05) is 42.1 Å². The Hall–Kier alpha value is -2.56. The van der Waals surface area contributed by atoms with Crippen LogP contribution >= 0.6 is 11.8 Å². The van der Waals surface area contributed by atoms with Crippen LogP contribution < -0.4 is 14.2 Å². The number of thioether (sulfide) groups is 1. The highest BCUT2D eigenvalue weighted by Gasteiger charge is 2.20. The van der Waals surface area contributed by atoms with Gasteiger partial charge in [0.2, 0.25) is 10.0 Å². The van der Waals surface area contributed by atoms with E-state index in [4.69, 9.17) is 9.47 Å². The molecular formula is C19H20N4O4S2. The van der Waals surface area contributed by atoms with Gasteiger partial charge < -0.3 is 14.0 Å². The normalized spacial score (nSPS) is 13.4. The van der Waals surface area contributed by atoms with Crippen molar-refractivity contribution in [3.8, 4) is 11.5 Å². The average molecular weight is 433 g/mol. The number of benzene rings is 2. The van der Waals surface area contributed by atoms with Crippen molar-refractivity contribution in [2.45, 2.75) is 22.3 Å². The molecule has 0 amide bonds. The van der Waals surface area contributed by atoms with Crippen LogP contribution in [0.15, 0.2) is 58.6 Å². The Balaban J connectivity index is 1.41. The zero-order valence-electron chi connectivity index (χ0n) is 15.7. The van der Waals surface area contributed by atoms with Crippen LogP contribution in [0.25, 0.3) is 0 Å². The minimum absolute atomic E-state index is 0.0339. The van der Waals surface area contributed by atoms with E-state index < -0.39 is 10.0 Å². The van der Waals surface area contributed by atoms with Crippen LogP contribution in [0.5, 0.6) is 11.5 Å². The van der Waals surface area contributed by atoms with Crippen LogP contribution in [0.3, 0.4) is 0 Å². The molecule has 2 heterocycles. The Morgan fingerprint density at radius 2 is 1.83 bits per heavy atom. The first-order valence-corrected chi connectivity index (χ1v) is 11.4. The first kappa shape index (κ1) is 19.7. The summed E-state index contributed by atoms with van der Waals surface area (Å²) in [6, 6.07) is 14.6. The molecule has 0 unspecified atom stereocenters. The van der Waals surface area contributed by atoms with E-state index in [0.717, 1.165) is 10.9 Å². The van der Waals surface area contributed by atoms with Gasteiger partial charge in [0.15, 0.2) is 16.7 Å². The van der Waals surface area contributed by atoms with Crippen molar-refractivity contribution >= 4 is 21.8 Å². The number of sulfonamides is 1. The fourth-order valence-electron chi connectivity index (χ4n) is 2.78. The summed E-state index contributed by atoms with van der Waals surface area (Å²) in [7, 11) is -1.91.